The molecule has 24 heteroatoms. The van der Waals surface area contributed by atoms with E-state index in [9.17, 15) is 62.3 Å². The van der Waals surface area contributed by atoms with E-state index >= 15 is 0 Å². The Labute approximate surface area is 356 Å². The van der Waals surface area contributed by atoms with Gasteiger partial charge in [-0.15, -0.1) is 0 Å². The molecule has 4 unspecified atom stereocenters. The van der Waals surface area contributed by atoms with E-state index < -0.39 is 99.7 Å². The summed E-state index contributed by atoms with van der Waals surface area (Å²) in [5, 5.41) is 35.8. The molecule has 0 bridgehead atoms. The molecule has 13 N–H and O–H groups in total. The van der Waals surface area contributed by atoms with E-state index in [0.717, 1.165) is 25.6 Å². The van der Waals surface area contributed by atoms with Gasteiger partial charge in [-0.05, 0) is 64.2 Å². The maximum absolute atomic E-state index is 11.0. The number of hydrogen-bond donors (Lipinski definition) is 9. The van der Waals surface area contributed by atoms with Crippen LogP contribution in [-0.4, -0.2) is 139 Å². The molecule has 0 aromatic carbocycles. The molecule has 0 heterocycles. The zero-order chi connectivity index (χ0) is 48.2. The van der Waals surface area contributed by atoms with Gasteiger partial charge in [-0.25, -0.2) is 4.79 Å². The summed E-state index contributed by atoms with van der Waals surface area (Å²) in [5.41, 5.74) is 21.0. The Hall–Kier alpha value is -5.30. The first kappa shape index (κ1) is 62.4. The van der Waals surface area contributed by atoms with Gasteiger partial charge in [0, 0.05) is 46.4 Å². The summed E-state index contributed by atoms with van der Waals surface area (Å²) < 4.78 is 4.57. The highest BCUT2D eigenvalue weighted by Crippen LogP contribution is 2.09. The van der Waals surface area contributed by atoms with Crippen molar-refractivity contribution in [3.8, 4) is 0 Å². The van der Waals surface area contributed by atoms with Gasteiger partial charge < -0.3 is 53.4 Å². The number of carboxylic acids is 4. The number of nitrogens with one attached hydrogen (secondary N) is 1. The first-order chi connectivity index (χ1) is 28.2. The van der Waals surface area contributed by atoms with Gasteiger partial charge in [0.1, 0.15) is 24.2 Å². The Morgan fingerprint density at radius 2 is 0.902 bits per heavy atom. The number of aliphatic carboxylic acids is 4. The Kier molecular flexibility index (Phi) is 38.5. The van der Waals surface area contributed by atoms with Crippen LogP contribution < -0.4 is 28.3 Å². The van der Waals surface area contributed by atoms with Crippen LogP contribution in [0, 0.1) is 0 Å². The lowest BCUT2D eigenvalue weighted by Crippen LogP contribution is -2.31. The van der Waals surface area contributed by atoms with Crippen molar-refractivity contribution in [3.63, 3.8) is 0 Å². The number of Topliss-reactive ketones (excluding diaryl/α,β-unsaturated/α-hetero) is 6. The minimum Gasteiger partial charge on any atom is -0.480 e. The number of ether oxygens (including phenoxy) is 1. The van der Waals surface area contributed by atoms with Gasteiger partial charge in [0.05, 0.1) is 6.61 Å². The van der Waals surface area contributed by atoms with E-state index in [1.165, 1.54) is 13.8 Å². The number of ketones is 6. The maximum Gasteiger partial charge on any atom is 0.374 e. The molecule has 0 spiro atoms. The smallest absolute Gasteiger partial charge is 0.374 e. The SMILES string of the molecule is CC(=O)C(=O)C(=O)CCCCC(N)C(=O)O.CC(=O)C(=O)NCCCCC(N)C(=O)O.CC(=O)C(=O)OCCCCC(N)C(=O)O.CC(=O)C(=O)SCCCCC(N)C(=O)O. The highest BCUT2D eigenvalue weighted by Gasteiger charge is 2.19. The number of carbonyl (C=O) groups is 13. The summed E-state index contributed by atoms with van der Waals surface area (Å²) in [6, 6.07) is -3.51. The largest absolute Gasteiger partial charge is 0.480 e. The molecule has 348 valence electrons. The van der Waals surface area contributed by atoms with E-state index in [0.29, 0.717) is 82.9 Å². The van der Waals surface area contributed by atoms with Crippen LogP contribution >= 0.6 is 11.8 Å². The number of hydrogen-bond acceptors (Lipinski definition) is 19. The normalized spacial score (nSPS) is 11.9. The predicted molar refractivity (Wildman–Crippen MR) is 217 cm³/mol. The van der Waals surface area contributed by atoms with Crippen LogP contribution in [0.5, 0.6) is 0 Å². The third-order valence-corrected chi connectivity index (χ3v) is 8.46. The van der Waals surface area contributed by atoms with E-state index in [2.05, 4.69) is 10.1 Å². The summed E-state index contributed by atoms with van der Waals surface area (Å²) in [7, 11) is 0. The third-order valence-electron chi connectivity index (χ3n) is 7.42. The second kappa shape index (κ2) is 37.7. The van der Waals surface area contributed by atoms with Gasteiger partial charge in [-0.2, -0.15) is 0 Å². The van der Waals surface area contributed by atoms with Crippen molar-refractivity contribution in [1.82, 2.24) is 5.32 Å². The lowest BCUT2D eigenvalue weighted by Gasteiger charge is -2.06. The van der Waals surface area contributed by atoms with E-state index in [1.54, 1.807) is 0 Å². The molecule has 0 rings (SSSR count). The summed E-state index contributed by atoms with van der Waals surface area (Å²) in [6.07, 6.45) is 5.67. The van der Waals surface area contributed by atoms with Crippen LogP contribution in [0.3, 0.4) is 0 Å². The molecule has 61 heavy (non-hydrogen) atoms. The summed E-state index contributed by atoms with van der Waals surface area (Å²) in [5.74, 6) is -9.24. The van der Waals surface area contributed by atoms with Gasteiger partial charge in [-0.3, -0.25) is 57.5 Å². The highest BCUT2D eigenvalue weighted by atomic mass is 32.2. The first-order valence-corrected chi connectivity index (χ1v) is 19.8. The number of esters is 1. The molecule has 0 saturated heterocycles. The molecule has 0 aliphatic heterocycles. The number of rotatable bonds is 29. The number of carbonyl (C=O) groups excluding carboxylic acids is 9. The molecule has 23 nitrogen and oxygen atoms in total. The fraction of sp³-hybridized carbons (Fsp3) is 0.649. The third kappa shape index (κ3) is 39.9. The van der Waals surface area contributed by atoms with Crippen LogP contribution in [0.2, 0.25) is 0 Å². The Morgan fingerprint density at radius 1 is 0.508 bits per heavy atom. The predicted octanol–water partition coefficient (Wildman–Crippen LogP) is -0.922. The van der Waals surface area contributed by atoms with Crippen molar-refractivity contribution in [2.45, 2.75) is 135 Å². The van der Waals surface area contributed by atoms with Gasteiger partial charge in [0.2, 0.25) is 28.9 Å². The molecule has 4 atom stereocenters. The van der Waals surface area contributed by atoms with Gasteiger partial charge in [0.25, 0.3) is 16.8 Å². The van der Waals surface area contributed by atoms with Crippen molar-refractivity contribution < 1.29 is 87.5 Å². The van der Waals surface area contributed by atoms with Crippen molar-refractivity contribution in [2.24, 2.45) is 22.9 Å². The zero-order valence-corrected chi connectivity index (χ0v) is 35.7. The number of unbranched alkanes of at least 4 members (excludes halogenated alkanes) is 4. The molecule has 0 aliphatic rings. The minimum atomic E-state index is -1.09. The topological polar surface area (TPSA) is 428 Å². The lowest BCUT2D eigenvalue weighted by molar-refractivity contribution is -0.153. The van der Waals surface area contributed by atoms with E-state index in [4.69, 9.17) is 43.4 Å². The average molecular weight is 896 g/mol. The van der Waals surface area contributed by atoms with Crippen molar-refractivity contribution in [3.05, 3.63) is 0 Å². The lowest BCUT2D eigenvalue weighted by atomic mass is 10.0. The molecular weight excluding hydrogens is 834 g/mol. The maximum atomic E-state index is 11.0. The minimum absolute atomic E-state index is 0.0370. The summed E-state index contributed by atoms with van der Waals surface area (Å²) >= 11 is 0.968. The standard InChI is InChI=1S/C10H15NO5.C9H16N2O4.C9H15NO5.C9H15NO4S/c1-6(12)9(14)8(13)5-3-2-4-7(11)10(15)16;1-6(12)8(13)11-5-3-2-4-7(10)9(14)15;2*1-6(11)9(14)15-5-3-2-4-7(10)8(12)13/h7H,2-5,11H2,1H3,(H,15,16);7H,2-5,10H2,1H3,(H,11,13)(H,14,15);2*7H,2-5,10H2,1H3,(H,12,13). The van der Waals surface area contributed by atoms with Crippen molar-refractivity contribution in [2.75, 3.05) is 18.9 Å². The fourth-order valence-corrected chi connectivity index (χ4v) is 4.47. The van der Waals surface area contributed by atoms with Crippen LogP contribution in [-0.2, 0) is 67.1 Å². The monoisotopic (exact) mass is 895 g/mol. The number of amides is 1. The van der Waals surface area contributed by atoms with Gasteiger partial charge >= 0.3 is 29.8 Å². The Balaban J connectivity index is -0.000000355. The molecule has 1 amide bonds. The molecular formula is C37H61N5O18S. The molecule has 0 aromatic heterocycles. The summed E-state index contributed by atoms with van der Waals surface area (Å²) in [6.45, 7) is 5.07. The van der Waals surface area contributed by atoms with Crippen LogP contribution in [0.15, 0.2) is 0 Å². The van der Waals surface area contributed by atoms with Crippen LogP contribution in [0.4, 0.5) is 0 Å². The Morgan fingerprint density at radius 3 is 1.26 bits per heavy atom. The van der Waals surface area contributed by atoms with E-state index in [-0.39, 0.29) is 19.4 Å². The Bertz CT molecular complexity index is 1380. The molecule has 0 saturated carbocycles. The zero-order valence-electron chi connectivity index (χ0n) is 34.8. The van der Waals surface area contributed by atoms with Crippen molar-refractivity contribution in [1.29, 1.82) is 0 Å². The average Bonchev–Trinajstić information content (AvgIpc) is 3.18. The van der Waals surface area contributed by atoms with Gasteiger partial charge in [0.15, 0.2) is 0 Å². The summed E-state index contributed by atoms with van der Waals surface area (Å²) in [4.78, 5) is 137. The van der Waals surface area contributed by atoms with Crippen molar-refractivity contribution >= 4 is 87.3 Å². The fourth-order valence-electron chi connectivity index (χ4n) is 3.73. The van der Waals surface area contributed by atoms with Gasteiger partial charge in [-0.1, -0.05) is 24.6 Å². The second-order valence-electron chi connectivity index (χ2n) is 13.0. The molecule has 0 aliphatic carbocycles. The number of nitrogens with two attached hydrogens (primary N) is 4. The molecule has 0 aromatic rings. The van der Waals surface area contributed by atoms with Crippen LogP contribution in [0.25, 0.3) is 0 Å². The quantitative estimate of drug-likeness (QED) is 0.0190. The highest BCUT2D eigenvalue weighted by molar-refractivity contribution is 8.15. The van der Waals surface area contributed by atoms with Crippen LogP contribution in [0.1, 0.15) is 111 Å². The molecule has 0 fully saturated rings. The number of thioether (sulfide) groups is 1. The van der Waals surface area contributed by atoms with E-state index in [1.807, 2.05) is 0 Å². The molecule has 0 radical (unpaired) electrons. The first-order valence-electron chi connectivity index (χ1n) is 18.9. The number of carboxylic acid groups (broad SMARTS) is 4. The second-order valence-corrected chi connectivity index (χ2v) is 14.1.